The van der Waals surface area contributed by atoms with E-state index in [4.69, 9.17) is 4.74 Å². The zero-order chi connectivity index (χ0) is 17.5. The van der Waals surface area contributed by atoms with Gasteiger partial charge in [-0.25, -0.2) is 0 Å². The van der Waals surface area contributed by atoms with Crippen molar-refractivity contribution in [1.82, 2.24) is 9.80 Å². The maximum atomic E-state index is 12.6. The van der Waals surface area contributed by atoms with Crippen molar-refractivity contribution < 1.29 is 9.53 Å². The molecule has 134 valence electrons. The third-order valence-corrected chi connectivity index (χ3v) is 5.11. The Morgan fingerprint density at radius 2 is 1.88 bits per heavy atom. The van der Waals surface area contributed by atoms with Crippen LogP contribution in [0.3, 0.4) is 0 Å². The van der Waals surface area contributed by atoms with E-state index in [-0.39, 0.29) is 0 Å². The first-order valence-corrected chi connectivity index (χ1v) is 9.10. The monoisotopic (exact) mass is 332 g/mol. The lowest BCUT2D eigenvalue weighted by molar-refractivity contribution is -0.135. The van der Waals surface area contributed by atoms with E-state index in [0.29, 0.717) is 24.4 Å². The van der Waals surface area contributed by atoms with Crippen molar-refractivity contribution in [2.24, 2.45) is 0 Å². The van der Waals surface area contributed by atoms with Gasteiger partial charge in [-0.15, -0.1) is 0 Å². The van der Waals surface area contributed by atoms with Gasteiger partial charge in [-0.2, -0.15) is 0 Å². The normalized spacial score (nSPS) is 21.9. The fourth-order valence-electron chi connectivity index (χ4n) is 3.68. The van der Waals surface area contributed by atoms with Crippen molar-refractivity contribution in [3.05, 3.63) is 35.4 Å². The fraction of sp³-hybridized carbons (Fsp3) is 0.650. The first-order chi connectivity index (χ1) is 11.5. The summed E-state index contributed by atoms with van der Waals surface area (Å²) in [5.74, 6) is 0.300. The number of methoxy groups -OCH3 is 1. The number of nitrogens with zero attached hydrogens (tertiary/aromatic N) is 2. The van der Waals surface area contributed by atoms with Crippen LogP contribution in [-0.2, 0) is 16.0 Å². The Hall–Kier alpha value is -1.39. The smallest absolute Gasteiger partial charge is 0.222 e. The van der Waals surface area contributed by atoms with Crippen LogP contribution in [0.2, 0.25) is 0 Å². The number of hydrogen-bond donors (Lipinski definition) is 0. The van der Waals surface area contributed by atoms with Crippen molar-refractivity contribution >= 4 is 5.91 Å². The molecule has 0 spiro atoms. The van der Waals surface area contributed by atoms with Crippen molar-refractivity contribution in [3.8, 4) is 0 Å². The lowest BCUT2D eigenvalue weighted by Crippen LogP contribution is -2.58. The molecule has 0 aliphatic carbocycles. The van der Waals surface area contributed by atoms with Gasteiger partial charge in [-0.05, 0) is 44.7 Å². The molecule has 1 fully saturated rings. The standard InChI is InChI=1S/C20H32N2O2/c1-16-8-5-6-9-19(16)10-7-11-20(23)21-14-17(2)22(12-13-24-4)18(3)15-21/h5-6,8-9,17-18H,7,10-15H2,1-4H3. The summed E-state index contributed by atoms with van der Waals surface area (Å²) in [4.78, 5) is 17.1. The van der Waals surface area contributed by atoms with E-state index in [1.807, 2.05) is 0 Å². The van der Waals surface area contributed by atoms with Crippen LogP contribution in [0.1, 0.15) is 37.8 Å². The summed E-state index contributed by atoms with van der Waals surface area (Å²) in [6.07, 6.45) is 2.56. The molecule has 2 rings (SSSR count). The Morgan fingerprint density at radius 3 is 2.50 bits per heavy atom. The molecule has 0 saturated carbocycles. The molecule has 1 saturated heterocycles. The van der Waals surface area contributed by atoms with Crippen LogP contribution >= 0.6 is 0 Å². The Kier molecular flexibility index (Phi) is 7.25. The van der Waals surface area contributed by atoms with Crippen LogP contribution in [0.5, 0.6) is 0 Å². The summed E-state index contributed by atoms with van der Waals surface area (Å²) in [5.41, 5.74) is 2.68. The molecule has 1 aliphatic heterocycles. The quantitative estimate of drug-likeness (QED) is 0.770. The average molecular weight is 332 g/mol. The van der Waals surface area contributed by atoms with Crippen LogP contribution in [0, 0.1) is 6.92 Å². The second-order valence-electron chi connectivity index (χ2n) is 7.01. The van der Waals surface area contributed by atoms with Crippen LogP contribution in [0.25, 0.3) is 0 Å². The van der Waals surface area contributed by atoms with E-state index in [1.54, 1.807) is 7.11 Å². The van der Waals surface area contributed by atoms with Gasteiger partial charge in [0.1, 0.15) is 0 Å². The van der Waals surface area contributed by atoms with Crippen LogP contribution in [0.4, 0.5) is 0 Å². The van der Waals surface area contributed by atoms with Gasteiger partial charge in [0.15, 0.2) is 0 Å². The Bertz CT molecular complexity index is 520. The molecular formula is C20H32N2O2. The molecule has 1 amide bonds. The number of amides is 1. The topological polar surface area (TPSA) is 32.8 Å². The number of rotatable bonds is 7. The van der Waals surface area contributed by atoms with E-state index in [0.717, 1.165) is 39.1 Å². The zero-order valence-corrected chi connectivity index (χ0v) is 15.6. The van der Waals surface area contributed by atoms with E-state index in [2.05, 4.69) is 54.8 Å². The second-order valence-corrected chi connectivity index (χ2v) is 7.01. The number of carbonyl (C=O) groups excluding carboxylic acids is 1. The molecule has 4 heteroatoms. The Balaban J connectivity index is 1.80. The number of aryl methyl sites for hydroxylation is 2. The van der Waals surface area contributed by atoms with Crippen LogP contribution in [0.15, 0.2) is 24.3 Å². The predicted molar refractivity (Wildman–Crippen MR) is 98.2 cm³/mol. The van der Waals surface area contributed by atoms with Gasteiger partial charge in [-0.3, -0.25) is 9.69 Å². The van der Waals surface area contributed by atoms with Gasteiger partial charge in [0.2, 0.25) is 5.91 Å². The SMILES string of the molecule is COCCN1C(C)CN(C(=O)CCCc2ccccc2C)CC1C. The maximum Gasteiger partial charge on any atom is 0.222 e. The molecule has 0 bridgehead atoms. The number of piperazine rings is 1. The highest BCUT2D eigenvalue weighted by Gasteiger charge is 2.31. The first kappa shape index (κ1) is 18.9. The highest BCUT2D eigenvalue weighted by molar-refractivity contribution is 5.76. The van der Waals surface area contributed by atoms with E-state index in [9.17, 15) is 4.79 Å². The molecule has 1 heterocycles. The highest BCUT2D eigenvalue weighted by atomic mass is 16.5. The minimum absolute atomic E-state index is 0.300. The van der Waals surface area contributed by atoms with E-state index in [1.165, 1.54) is 11.1 Å². The molecule has 1 aromatic carbocycles. The number of carbonyl (C=O) groups is 1. The Morgan fingerprint density at radius 1 is 1.21 bits per heavy atom. The average Bonchev–Trinajstić information content (AvgIpc) is 2.55. The fourth-order valence-corrected chi connectivity index (χ4v) is 3.68. The van der Waals surface area contributed by atoms with E-state index < -0.39 is 0 Å². The van der Waals surface area contributed by atoms with Gasteiger partial charge >= 0.3 is 0 Å². The summed E-state index contributed by atoms with van der Waals surface area (Å²) < 4.78 is 5.20. The van der Waals surface area contributed by atoms with Crippen molar-refractivity contribution in [1.29, 1.82) is 0 Å². The van der Waals surface area contributed by atoms with Crippen molar-refractivity contribution in [2.75, 3.05) is 33.4 Å². The largest absolute Gasteiger partial charge is 0.383 e. The summed E-state index contributed by atoms with van der Waals surface area (Å²) in [6, 6.07) is 9.23. The summed E-state index contributed by atoms with van der Waals surface area (Å²) in [7, 11) is 1.74. The molecule has 0 N–H and O–H groups in total. The number of ether oxygens (including phenoxy) is 1. The lowest BCUT2D eigenvalue weighted by atomic mass is 10.0. The number of hydrogen-bond acceptors (Lipinski definition) is 3. The van der Waals surface area contributed by atoms with Crippen LogP contribution < -0.4 is 0 Å². The summed E-state index contributed by atoms with van der Waals surface area (Å²) in [6.45, 7) is 9.90. The lowest BCUT2D eigenvalue weighted by Gasteiger charge is -2.44. The molecule has 0 radical (unpaired) electrons. The molecule has 2 unspecified atom stereocenters. The third kappa shape index (κ3) is 5.05. The molecule has 24 heavy (non-hydrogen) atoms. The van der Waals surface area contributed by atoms with Gasteiger partial charge in [-0.1, -0.05) is 24.3 Å². The minimum atomic E-state index is 0.300. The third-order valence-electron chi connectivity index (χ3n) is 5.11. The van der Waals surface area contributed by atoms with E-state index >= 15 is 0 Å². The Labute approximate surface area is 146 Å². The molecule has 2 atom stereocenters. The summed E-state index contributed by atoms with van der Waals surface area (Å²) in [5, 5.41) is 0. The van der Waals surface area contributed by atoms with Gasteiger partial charge in [0, 0.05) is 45.2 Å². The highest BCUT2D eigenvalue weighted by Crippen LogP contribution is 2.17. The second kappa shape index (κ2) is 9.19. The minimum Gasteiger partial charge on any atom is -0.383 e. The number of benzene rings is 1. The zero-order valence-electron chi connectivity index (χ0n) is 15.6. The molecule has 1 aliphatic rings. The maximum absolute atomic E-state index is 12.6. The van der Waals surface area contributed by atoms with Crippen LogP contribution in [-0.4, -0.2) is 61.1 Å². The molecular weight excluding hydrogens is 300 g/mol. The predicted octanol–water partition coefficient (Wildman–Crippen LogP) is 2.89. The van der Waals surface area contributed by atoms with Crippen molar-refractivity contribution in [3.63, 3.8) is 0 Å². The summed E-state index contributed by atoms with van der Waals surface area (Å²) >= 11 is 0. The van der Waals surface area contributed by atoms with Gasteiger partial charge in [0.25, 0.3) is 0 Å². The molecule has 1 aromatic rings. The molecule has 4 nitrogen and oxygen atoms in total. The molecule has 0 aromatic heterocycles. The van der Waals surface area contributed by atoms with Gasteiger partial charge < -0.3 is 9.64 Å². The van der Waals surface area contributed by atoms with Gasteiger partial charge in [0.05, 0.1) is 6.61 Å². The first-order valence-electron chi connectivity index (χ1n) is 9.10. The van der Waals surface area contributed by atoms with Crippen molar-refractivity contribution in [2.45, 2.75) is 52.1 Å².